The Morgan fingerprint density at radius 3 is 2.71 bits per heavy atom. The fourth-order valence-corrected chi connectivity index (χ4v) is 5.82. The van der Waals surface area contributed by atoms with Crippen molar-refractivity contribution in [1.82, 2.24) is 14.5 Å². The molecule has 0 bridgehead atoms. The number of hydrogen-bond acceptors (Lipinski definition) is 4. The first kappa shape index (κ1) is 17.6. The third kappa shape index (κ3) is 3.03. The quantitative estimate of drug-likeness (QED) is 0.838. The van der Waals surface area contributed by atoms with Crippen LogP contribution in [-0.2, 0) is 14.8 Å². The van der Waals surface area contributed by atoms with Gasteiger partial charge >= 0.3 is 0 Å². The second kappa shape index (κ2) is 6.59. The summed E-state index contributed by atoms with van der Waals surface area (Å²) in [6.45, 7) is 6.73. The molecule has 0 radical (unpaired) electrons. The Balaban J connectivity index is 2.07. The standard InChI is InChI=1S/C16H20BrN3O3S/c1-10-4-5-15(13(17)8-10)24(21,22)20-6-7-23-9-14(20)16-11(2)18-19-12(16)3/h4-5,8,14H,6-7,9H2,1-3H3,(H,18,19). The Morgan fingerprint density at radius 2 is 2.08 bits per heavy atom. The maximum Gasteiger partial charge on any atom is 0.244 e. The molecule has 0 aliphatic carbocycles. The number of halogens is 1. The van der Waals surface area contributed by atoms with Crippen molar-refractivity contribution in [3.8, 4) is 0 Å². The molecule has 1 N–H and O–H groups in total. The van der Waals surface area contributed by atoms with Gasteiger partial charge in [-0.05, 0) is 54.4 Å². The Hall–Kier alpha value is -1.22. The second-order valence-corrected chi connectivity index (χ2v) is 8.70. The minimum absolute atomic E-state index is 0.277. The van der Waals surface area contributed by atoms with Gasteiger partial charge < -0.3 is 4.74 Å². The van der Waals surface area contributed by atoms with Crippen LogP contribution >= 0.6 is 15.9 Å². The number of H-pyrrole nitrogens is 1. The largest absolute Gasteiger partial charge is 0.378 e. The van der Waals surface area contributed by atoms with E-state index in [2.05, 4.69) is 26.1 Å². The molecule has 130 valence electrons. The van der Waals surface area contributed by atoms with Gasteiger partial charge in [0.2, 0.25) is 10.0 Å². The van der Waals surface area contributed by atoms with Crippen molar-refractivity contribution >= 4 is 26.0 Å². The van der Waals surface area contributed by atoms with Crippen molar-refractivity contribution in [2.75, 3.05) is 19.8 Å². The number of benzene rings is 1. The van der Waals surface area contributed by atoms with E-state index in [4.69, 9.17) is 4.74 Å². The van der Waals surface area contributed by atoms with Crippen LogP contribution in [0.4, 0.5) is 0 Å². The van der Waals surface area contributed by atoms with Crippen molar-refractivity contribution in [3.05, 3.63) is 45.2 Å². The summed E-state index contributed by atoms with van der Waals surface area (Å²) in [5, 5.41) is 7.13. The number of morpholine rings is 1. The summed E-state index contributed by atoms with van der Waals surface area (Å²) >= 11 is 3.39. The van der Waals surface area contributed by atoms with Gasteiger partial charge in [0.15, 0.2) is 0 Å². The summed E-state index contributed by atoms with van der Waals surface area (Å²) < 4.78 is 34.2. The summed E-state index contributed by atoms with van der Waals surface area (Å²) in [6.07, 6.45) is 0. The number of aryl methyl sites for hydroxylation is 3. The number of rotatable bonds is 3. The Kier molecular flexibility index (Phi) is 4.83. The van der Waals surface area contributed by atoms with Crippen LogP contribution in [0.3, 0.4) is 0 Å². The molecule has 6 nitrogen and oxygen atoms in total. The molecule has 1 saturated heterocycles. The molecule has 2 aromatic rings. The van der Waals surface area contributed by atoms with Crippen LogP contribution < -0.4 is 0 Å². The molecular formula is C16H20BrN3O3S. The summed E-state index contributed by atoms with van der Waals surface area (Å²) in [7, 11) is -3.65. The fraction of sp³-hybridized carbons (Fsp3) is 0.438. The number of aromatic nitrogens is 2. The minimum atomic E-state index is -3.65. The van der Waals surface area contributed by atoms with Gasteiger partial charge in [0.05, 0.1) is 29.8 Å². The zero-order chi connectivity index (χ0) is 17.5. The first-order valence-electron chi connectivity index (χ1n) is 7.69. The second-order valence-electron chi connectivity index (χ2n) is 5.99. The SMILES string of the molecule is Cc1ccc(S(=O)(=O)N2CCOCC2c2c(C)n[nH]c2C)c(Br)c1. The van der Waals surface area contributed by atoms with Crippen LogP contribution in [0.2, 0.25) is 0 Å². The highest BCUT2D eigenvalue weighted by Gasteiger charge is 2.38. The third-order valence-electron chi connectivity index (χ3n) is 4.27. The third-order valence-corrected chi connectivity index (χ3v) is 7.16. The summed E-state index contributed by atoms with van der Waals surface area (Å²) in [5.41, 5.74) is 3.56. The first-order chi connectivity index (χ1) is 11.3. The van der Waals surface area contributed by atoms with Crippen molar-refractivity contribution < 1.29 is 13.2 Å². The molecule has 1 aromatic carbocycles. The van der Waals surface area contributed by atoms with E-state index in [1.807, 2.05) is 26.8 Å². The lowest BCUT2D eigenvalue weighted by molar-refractivity contribution is 0.0316. The van der Waals surface area contributed by atoms with Crippen LogP contribution in [0.15, 0.2) is 27.6 Å². The Bertz CT molecular complexity index is 844. The van der Waals surface area contributed by atoms with Crippen LogP contribution in [0, 0.1) is 20.8 Å². The van der Waals surface area contributed by atoms with E-state index in [0.29, 0.717) is 24.2 Å². The molecule has 24 heavy (non-hydrogen) atoms. The number of ether oxygens (including phenoxy) is 1. The molecule has 1 unspecified atom stereocenters. The van der Waals surface area contributed by atoms with Crippen molar-refractivity contribution in [1.29, 1.82) is 0 Å². The highest BCUT2D eigenvalue weighted by Crippen LogP contribution is 2.35. The van der Waals surface area contributed by atoms with Crippen LogP contribution in [-0.4, -0.2) is 42.7 Å². The predicted molar refractivity (Wildman–Crippen MR) is 94.4 cm³/mol. The summed E-state index contributed by atoms with van der Waals surface area (Å²) in [4.78, 5) is 0.277. The van der Waals surface area contributed by atoms with Gasteiger partial charge in [-0.2, -0.15) is 9.40 Å². The maximum absolute atomic E-state index is 13.3. The molecule has 1 atom stereocenters. The lowest BCUT2D eigenvalue weighted by Crippen LogP contribution is -2.43. The summed E-state index contributed by atoms with van der Waals surface area (Å²) in [5.74, 6) is 0. The van der Waals surface area contributed by atoms with Gasteiger partial charge in [0.1, 0.15) is 0 Å². The van der Waals surface area contributed by atoms with Gasteiger partial charge in [-0.3, -0.25) is 5.10 Å². The number of aromatic amines is 1. The maximum atomic E-state index is 13.3. The van der Waals surface area contributed by atoms with Gasteiger partial charge in [-0.15, -0.1) is 0 Å². The Labute approximate surface area is 150 Å². The van der Waals surface area contributed by atoms with E-state index in [9.17, 15) is 8.42 Å². The van der Waals surface area contributed by atoms with Crippen LogP contribution in [0.5, 0.6) is 0 Å². The van der Waals surface area contributed by atoms with E-state index in [1.165, 1.54) is 4.31 Å². The van der Waals surface area contributed by atoms with E-state index < -0.39 is 10.0 Å². The molecule has 1 aliphatic rings. The zero-order valence-electron chi connectivity index (χ0n) is 13.8. The average molecular weight is 414 g/mol. The molecular weight excluding hydrogens is 394 g/mol. The molecule has 3 rings (SSSR count). The van der Waals surface area contributed by atoms with Gasteiger partial charge in [-0.25, -0.2) is 8.42 Å². The average Bonchev–Trinajstić information content (AvgIpc) is 2.86. The molecule has 0 spiro atoms. The van der Waals surface area contributed by atoms with E-state index in [0.717, 1.165) is 22.5 Å². The zero-order valence-corrected chi connectivity index (χ0v) is 16.2. The topological polar surface area (TPSA) is 75.3 Å². The first-order valence-corrected chi connectivity index (χ1v) is 9.93. The van der Waals surface area contributed by atoms with Crippen molar-refractivity contribution in [2.45, 2.75) is 31.7 Å². The van der Waals surface area contributed by atoms with Gasteiger partial charge in [-0.1, -0.05) is 6.07 Å². The van der Waals surface area contributed by atoms with Gasteiger partial charge in [0.25, 0.3) is 0 Å². The monoisotopic (exact) mass is 413 g/mol. The van der Waals surface area contributed by atoms with Crippen molar-refractivity contribution in [3.63, 3.8) is 0 Å². The normalized spacial score (nSPS) is 19.6. The molecule has 1 fully saturated rings. The number of hydrogen-bond donors (Lipinski definition) is 1. The smallest absolute Gasteiger partial charge is 0.244 e. The van der Waals surface area contributed by atoms with E-state index in [-0.39, 0.29) is 10.9 Å². The fourth-order valence-electron chi connectivity index (χ4n) is 3.10. The predicted octanol–water partition coefficient (Wildman–Crippen LogP) is 2.86. The lowest BCUT2D eigenvalue weighted by Gasteiger charge is -2.35. The molecule has 0 saturated carbocycles. The minimum Gasteiger partial charge on any atom is -0.378 e. The number of nitrogens with zero attached hydrogens (tertiary/aromatic N) is 2. The summed E-state index contributed by atoms with van der Waals surface area (Å²) in [6, 6.07) is 4.89. The number of nitrogens with one attached hydrogen (secondary N) is 1. The van der Waals surface area contributed by atoms with Gasteiger partial charge in [0, 0.05) is 22.3 Å². The molecule has 1 aliphatic heterocycles. The highest BCUT2D eigenvalue weighted by atomic mass is 79.9. The van der Waals surface area contributed by atoms with Crippen molar-refractivity contribution in [2.24, 2.45) is 0 Å². The van der Waals surface area contributed by atoms with Crippen LogP contribution in [0.25, 0.3) is 0 Å². The molecule has 0 amide bonds. The molecule has 8 heteroatoms. The number of sulfonamides is 1. The molecule has 1 aromatic heterocycles. The highest BCUT2D eigenvalue weighted by molar-refractivity contribution is 9.10. The van der Waals surface area contributed by atoms with E-state index >= 15 is 0 Å². The lowest BCUT2D eigenvalue weighted by atomic mass is 10.1. The Morgan fingerprint density at radius 1 is 1.33 bits per heavy atom. The van der Waals surface area contributed by atoms with E-state index in [1.54, 1.807) is 12.1 Å². The molecule has 2 heterocycles. The van der Waals surface area contributed by atoms with Crippen LogP contribution in [0.1, 0.15) is 28.6 Å².